The van der Waals surface area contributed by atoms with Crippen molar-refractivity contribution in [1.29, 1.82) is 0 Å². The lowest BCUT2D eigenvalue weighted by atomic mass is 10.0. The Labute approximate surface area is 155 Å². The molecular formula is C18H28N4O3S. The van der Waals surface area contributed by atoms with Crippen molar-refractivity contribution in [2.24, 2.45) is 7.05 Å². The highest BCUT2D eigenvalue weighted by Gasteiger charge is 2.33. The average Bonchev–Trinajstić information content (AvgIpc) is 3.15. The molecule has 4 rings (SSSR count). The second kappa shape index (κ2) is 6.98. The molecule has 2 saturated heterocycles. The molecule has 1 N–H and O–H groups in total. The number of carbonyl (C=O) groups is 1. The Balaban J connectivity index is 1.41. The molecule has 3 aliphatic rings. The standard InChI is InChI=1S/C18H28N4O3S/c1-20-13-16(26(24,25)22-8-2-3-9-22)12-17(20)18(23)19-14-6-10-21(11-7-14)15-4-5-15/h12-15H,2-11H2,1H3,(H,19,23). The third-order valence-electron chi connectivity index (χ3n) is 5.84. The monoisotopic (exact) mass is 380 g/mol. The summed E-state index contributed by atoms with van der Waals surface area (Å²) in [5.74, 6) is -0.180. The van der Waals surface area contributed by atoms with Crippen molar-refractivity contribution in [2.45, 2.75) is 55.5 Å². The quantitative estimate of drug-likeness (QED) is 0.832. The Morgan fingerprint density at radius 1 is 1.08 bits per heavy atom. The van der Waals surface area contributed by atoms with E-state index in [0.29, 0.717) is 18.8 Å². The molecule has 0 aromatic carbocycles. The lowest BCUT2D eigenvalue weighted by Gasteiger charge is -2.32. The van der Waals surface area contributed by atoms with Crippen LogP contribution in [-0.4, -0.2) is 66.4 Å². The largest absolute Gasteiger partial charge is 0.348 e. The van der Waals surface area contributed by atoms with E-state index in [1.807, 2.05) is 0 Å². The summed E-state index contributed by atoms with van der Waals surface area (Å²) in [7, 11) is -1.76. The van der Waals surface area contributed by atoms with Gasteiger partial charge in [-0.05, 0) is 44.6 Å². The highest BCUT2D eigenvalue weighted by Crippen LogP contribution is 2.29. The number of aromatic nitrogens is 1. The van der Waals surface area contributed by atoms with Crippen LogP contribution in [0.15, 0.2) is 17.2 Å². The van der Waals surface area contributed by atoms with Crippen LogP contribution >= 0.6 is 0 Å². The molecule has 1 saturated carbocycles. The molecule has 144 valence electrons. The second-order valence-corrected chi connectivity index (χ2v) is 9.74. The van der Waals surface area contributed by atoms with Crippen molar-refractivity contribution < 1.29 is 13.2 Å². The van der Waals surface area contributed by atoms with E-state index in [1.54, 1.807) is 17.8 Å². The van der Waals surface area contributed by atoms with E-state index in [2.05, 4.69) is 10.2 Å². The molecule has 26 heavy (non-hydrogen) atoms. The zero-order valence-electron chi connectivity index (χ0n) is 15.4. The summed E-state index contributed by atoms with van der Waals surface area (Å²) in [6.07, 6.45) is 7.91. The topological polar surface area (TPSA) is 74.6 Å². The van der Waals surface area contributed by atoms with Crippen molar-refractivity contribution in [3.05, 3.63) is 18.0 Å². The van der Waals surface area contributed by atoms with Crippen molar-refractivity contribution in [2.75, 3.05) is 26.2 Å². The predicted molar refractivity (Wildman–Crippen MR) is 98.5 cm³/mol. The van der Waals surface area contributed by atoms with Gasteiger partial charge >= 0.3 is 0 Å². The molecule has 1 amide bonds. The first-order valence-electron chi connectivity index (χ1n) is 9.66. The fourth-order valence-electron chi connectivity index (χ4n) is 4.09. The van der Waals surface area contributed by atoms with Gasteiger partial charge in [-0.25, -0.2) is 8.42 Å². The van der Waals surface area contributed by atoms with Crippen LogP contribution in [0.3, 0.4) is 0 Å². The third-order valence-corrected chi connectivity index (χ3v) is 7.71. The molecule has 1 aromatic heterocycles. The molecule has 0 atom stereocenters. The van der Waals surface area contributed by atoms with Crippen LogP contribution in [0.5, 0.6) is 0 Å². The summed E-state index contributed by atoms with van der Waals surface area (Å²) in [5, 5.41) is 3.10. The van der Waals surface area contributed by atoms with Crippen LogP contribution in [0, 0.1) is 0 Å². The second-order valence-electron chi connectivity index (χ2n) is 7.80. The Bertz CT molecular complexity index is 770. The maximum Gasteiger partial charge on any atom is 0.268 e. The van der Waals surface area contributed by atoms with E-state index in [1.165, 1.54) is 23.2 Å². The van der Waals surface area contributed by atoms with Gasteiger partial charge in [0.25, 0.3) is 5.91 Å². The van der Waals surface area contributed by atoms with Gasteiger partial charge in [0.05, 0.1) is 0 Å². The van der Waals surface area contributed by atoms with Crippen molar-refractivity contribution in [1.82, 2.24) is 19.1 Å². The van der Waals surface area contributed by atoms with Crippen molar-refractivity contribution >= 4 is 15.9 Å². The first-order valence-corrected chi connectivity index (χ1v) is 11.1. The Morgan fingerprint density at radius 3 is 2.35 bits per heavy atom. The molecule has 7 nitrogen and oxygen atoms in total. The molecule has 3 fully saturated rings. The SMILES string of the molecule is Cn1cc(S(=O)(=O)N2CCCC2)cc1C(=O)NC1CCN(C2CC2)CC1. The fourth-order valence-corrected chi connectivity index (χ4v) is 5.68. The van der Waals surface area contributed by atoms with E-state index in [4.69, 9.17) is 0 Å². The summed E-state index contributed by atoms with van der Waals surface area (Å²) in [5.41, 5.74) is 0.410. The summed E-state index contributed by atoms with van der Waals surface area (Å²) in [6, 6.07) is 2.46. The van der Waals surface area contributed by atoms with E-state index in [-0.39, 0.29) is 16.8 Å². The summed E-state index contributed by atoms with van der Waals surface area (Å²) >= 11 is 0. The minimum Gasteiger partial charge on any atom is -0.348 e. The summed E-state index contributed by atoms with van der Waals surface area (Å²) < 4.78 is 28.5. The number of sulfonamides is 1. The van der Waals surface area contributed by atoms with Crippen molar-refractivity contribution in [3.63, 3.8) is 0 Å². The van der Waals surface area contributed by atoms with E-state index >= 15 is 0 Å². The van der Waals surface area contributed by atoms with Gasteiger partial charge in [0.15, 0.2) is 0 Å². The molecule has 3 heterocycles. The number of likely N-dealkylation sites (tertiary alicyclic amines) is 1. The Morgan fingerprint density at radius 2 is 1.73 bits per heavy atom. The molecule has 8 heteroatoms. The van der Waals surface area contributed by atoms with Crippen LogP contribution in [0.4, 0.5) is 0 Å². The number of nitrogens with zero attached hydrogens (tertiary/aromatic N) is 3. The number of rotatable bonds is 5. The first kappa shape index (κ1) is 18.0. The third kappa shape index (κ3) is 3.54. The minimum atomic E-state index is -3.49. The van der Waals surface area contributed by atoms with Crippen LogP contribution < -0.4 is 5.32 Å². The predicted octanol–water partition coefficient (Wildman–Crippen LogP) is 1.17. The number of piperidine rings is 1. The lowest BCUT2D eigenvalue weighted by Crippen LogP contribution is -2.45. The van der Waals surface area contributed by atoms with E-state index in [0.717, 1.165) is 44.8 Å². The first-order chi connectivity index (χ1) is 12.4. The molecule has 2 aliphatic heterocycles. The Hall–Kier alpha value is -1.38. The maximum atomic E-state index is 12.7. The van der Waals surface area contributed by atoms with Gasteiger partial charge in [0.2, 0.25) is 10.0 Å². The number of nitrogens with one attached hydrogen (secondary N) is 1. The molecule has 0 bridgehead atoms. The fraction of sp³-hybridized carbons (Fsp3) is 0.722. The highest BCUT2D eigenvalue weighted by atomic mass is 32.2. The van der Waals surface area contributed by atoms with Crippen LogP contribution in [0.25, 0.3) is 0 Å². The number of carbonyl (C=O) groups excluding carboxylic acids is 1. The zero-order chi connectivity index (χ0) is 18.3. The van der Waals surface area contributed by atoms with Gasteiger partial charge in [0.1, 0.15) is 10.6 Å². The molecule has 1 aromatic rings. The van der Waals surface area contributed by atoms with Crippen LogP contribution in [0.1, 0.15) is 49.0 Å². The average molecular weight is 381 g/mol. The summed E-state index contributed by atoms with van der Waals surface area (Å²) in [4.78, 5) is 15.4. The smallest absolute Gasteiger partial charge is 0.268 e. The van der Waals surface area contributed by atoms with E-state index in [9.17, 15) is 13.2 Å². The molecule has 0 spiro atoms. The van der Waals surface area contributed by atoms with Gasteiger partial charge in [0, 0.05) is 51.5 Å². The van der Waals surface area contributed by atoms with Crippen LogP contribution in [0.2, 0.25) is 0 Å². The van der Waals surface area contributed by atoms with E-state index < -0.39 is 10.0 Å². The number of hydrogen-bond acceptors (Lipinski definition) is 4. The molecule has 0 radical (unpaired) electrons. The number of hydrogen-bond donors (Lipinski definition) is 1. The van der Waals surface area contributed by atoms with Gasteiger partial charge in [-0.2, -0.15) is 4.31 Å². The Kier molecular flexibility index (Phi) is 4.83. The molecule has 1 aliphatic carbocycles. The molecule has 0 unspecified atom stereocenters. The maximum absolute atomic E-state index is 12.7. The molecular weight excluding hydrogens is 352 g/mol. The van der Waals surface area contributed by atoms with Crippen molar-refractivity contribution in [3.8, 4) is 0 Å². The van der Waals surface area contributed by atoms with Crippen LogP contribution in [-0.2, 0) is 17.1 Å². The van der Waals surface area contributed by atoms with Gasteiger partial charge in [-0.3, -0.25) is 4.79 Å². The van der Waals surface area contributed by atoms with Gasteiger partial charge in [-0.1, -0.05) is 0 Å². The van der Waals surface area contributed by atoms with Gasteiger partial charge < -0.3 is 14.8 Å². The lowest BCUT2D eigenvalue weighted by molar-refractivity contribution is 0.0901. The number of aryl methyl sites for hydroxylation is 1. The normalized spacial score (nSPS) is 23.4. The number of amides is 1. The highest BCUT2D eigenvalue weighted by molar-refractivity contribution is 7.89. The minimum absolute atomic E-state index is 0.172. The van der Waals surface area contributed by atoms with Gasteiger partial charge in [-0.15, -0.1) is 0 Å². The zero-order valence-corrected chi connectivity index (χ0v) is 16.2. The summed E-state index contributed by atoms with van der Waals surface area (Å²) in [6.45, 7) is 3.21.